The molecule has 2 amide bonds. The molecule has 0 saturated carbocycles. The zero-order valence-electron chi connectivity index (χ0n) is 18.9. The summed E-state index contributed by atoms with van der Waals surface area (Å²) in [4.78, 5) is 30.4. The molecule has 2 N–H and O–H groups in total. The third-order valence-electron chi connectivity index (χ3n) is 5.46. The van der Waals surface area contributed by atoms with E-state index in [-0.39, 0.29) is 35.4 Å². The van der Waals surface area contributed by atoms with Gasteiger partial charge in [-0.05, 0) is 36.2 Å². The number of thiazole rings is 1. The minimum Gasteiger partial charge on any atom is -0.379 e. The number of benzene rings is 2. The van der Waals surface area contributed by atoms with Crippen LogP contribution in [0.4, 0.5) is 5.13 Å². The molecule has 1 aliphatic rings. The van der Waals surface area contributed by atoms with Gasteiger partial charge in [0.15, 0.2) is 5.13 Å². The minimum absolute atomic E-state index is 0.0297. The predicted molar refractivity (Wildman–Crippen MR) is 130 cm³/mol. The molecule has 1 aliphatic heterocycles. The second-order valence-electron chi connectivity index (χ2n) is 8.22. The number of anilines is 1. The van der Waals surface area contributed by atoms with E-state index in [9.17, 15) is 18.0 Å². The fraction of sp³-hybridized carbons (Fsp3) is 0.348. The van der Waals surface area contributed by atoms with Gasteiger partial charge in [-0.1, -0.05) is 43.4 Å². The number of sulfonamides is 1. The van der Waals surface area contributed by atoms with E-state index in [1.165, 1.54) is 39.9 Å². The van der Waals surface area contributed by atoms with Crippen molar-refractivity contribution in [3.05, 3.63) is 54.1 Å². The van der Waals surface area contributed by atoms with Crippen LogP contribution in [0.2, 0.25) is 0 Å². The van der Waals surface area contributed by atoms with Crippen molar-refractivity contribution in [1.82, 2.24) is 14.6 Å². The Kier molecular flexibility index (Phi) is 7.27. The highest BCUT2D eigenvalue weighted by molar-refractivity contribution is 7.89. The van der Waals surface area contributed by atoms with Crippen molar-refractivity contribution in [1.29, 1.82) is 0 Å². The van der Waals surface area contributed by atoms with Gasteiger partial charge in [-0.2, -0.15) is 4.31 Å². The van der Waals surface area contributed by atoms with Gasteiger partial charge in [-0.25, -0.2) is 13.4 Å². The van der Waals surface area contributed by atoms with E-state index in [4.69, 9.17) is 4.74 Å². The summed E-state index contributed by atoms with van der Waals surface area (Å²) in [6.07, 6.45) is 0. The molecule has 2 aromatic carbocycles. The fourth-order valence-electron chi connectivity index (χ4n) is 3.60. The first-order valence-electron chi connectivity index (χ1n) is 10.9. The van der Waals surface area contributed by atoms with Crippen LogP contribution in [-0.4, -0.2) is 61.9 Å². The van der Waals surface area contributed by atoms with Crippen molar-refractivity contribution >= 4 is 48.5 Å². The Balaban J connectivity index is 1.49. The molecule has 4 rings (SSSR count). The summed E-state index contributed by atoms with van der Waals surface area (Å²) in [5.74, 6) is -1.13. The maximum atomic E-state index is 13.0. The number of nitrogens with one attached hydrogen (secondary N) is 2. The van der Waals surface area contributed by atoms with Crippen molar-refractivity contribution < 1.29 is 22.7 Å². The quantitative estimate of drug-likeness (QED) is 0.513. The molecule has 1 fully saturated rings. The second kappa shape index (κ2) is 10.2. The number of rotatable bonds is 7. The van der Waals surface area contributed by atoms with E-state index in [0.717, 1.165) is 10.2 Å². The monoisotopic (exact) mass is 502 g/mol. The van der Waals surface area contributed by atoms with Crippen LogP contribution in [0.5, 0.6) is 0 Å². The Hall–Kier alpha value is -2.86. The topological polar surface area (TPSA) is 118 Å². The first-order chi connectivity index (χ1) is 16.3. The Morgan fingerprint density at radius 3 is 2.53 bits per heavy atom. The summed E-state index contributed by atoms with van der Waals surface area (Å²) >= 11 is 1.35. The molecule has 1 saturated heterocycles. The van der Waals surface area contributed by atoms with Gasteiger partial charge >= 0.3 is 0 Å². The first kappa shape index (κ1) is 24.3. The number of carbonyl (C=O) groups excluding carboxylic acids is 2. The summed E-state index contributed by atoms with van der Waals surface area (Å²) in [7, 11) is -3.75. The molecule has 0 radical (unpaired) electrons. The van der Waals surface area contributed by atoms with Crippen molar-refractivity contribution in [2.45, 2.75) is 24.8 Å². The van der Waals surface area contributed by atoms with Crippen LogP contribution >= 0.6 is 11.3 Å². The van der Waals surface area contributed by atoms with Crippen molar-refractivity contribution in [3.63, 3.8) is 0 Å². The molecule has 3 aromatic rings. The molecule has 180 valence electrons. The summed E-state index contributed by atoms with van der Waals surface area (Å²) in [5.41, 5.74) is 0.944. The van der Waals surface area contributed by atoms with E-state index >= 15 is 0 Å². The number of hydrogen-bond acceptors (Lipinski definition) is 7. The van der Waals surface area contributed by atoms with Crippen LogP contribution in [0.15, 0.2) is 53.4 Å². The van der Waals surface area contributed by atoms with Gasteiger partial charge in [0.2, 0.25) is 15.9 Å². The zero-order chi connectivity index (χ0) is 24.3. The number of carbonyl (C=O) groups is 2. The average Bonchev–Trinajstić information content (AvgIpc) is 3.25. The maximum absolute atomic E-state index is 13.0. The van der Waals surface area contributed by atoms with Crippen LogP contribution in [0.1, 0.15) is 24.2 Å². The molecule has 1 atom stereocenters. The normalized spacial score (nSPS) is 15.9. The van der Waals surface area contributed by atoms with Crippen LogP contribution in [0.3, 0.4) is 0 Å². The molecular formula is C23H26N4O5S2. The SMILES string of the molecule is CC(C)[C@@H](NC(=O)c1cccc(S(=O)(=O)N2CCOCC2)c1)C(=O)Nc1nc2ccccc2s1. The molecule has 0 bridgehead atoms. The number of morpholine rings is 1. The molecule has 9 nitrogen and oxygen atoms in total. The molecule has 2 heterocycles. The molecule has 0 unspecified atom stereocenters. The number of fused-ring (bicyclic) bond motifs is 1. The van der Waals surface area contributed by atoms with E-state index in [1.54, 1.807) is 0 Å². The lowest BCUT2D eigenvalue weighted by Gasteiger charge is -2.26. The van der Waals surface area contributed by atoms with Gasteiger partial charge in [0.1, 0.15) is 6.04 Å². The van der Waals surface area contributed by atoms with Crippen molar-refractivity contribution in [2.75, 3.05) is 31.6 Å². The Bertz CT molecular complexity index is 1270. The molecule has 0 spiro atoms. The smallest absolute Gasteiger partial charge is 0.251 e. The predicted octanol–water partition coefficient (Wildman–Crippen LogP) is 2.71. The van der Waals surface area contributed by atoms with E-state index < -0.39 is 22.0 Å². The van der Waals surface area contributed by atoms with Crippen molar-refractivity contribution in [2.24, 2.45) is 5.92 Å². The Morgan fingerprint density at radius 2 is 1.82 bits per heavy atom. The summed E-state index contributed by atoms with van der Waals surface area (Å²) < 4.78 is 33.4. The zero-order valence-corrected chi connectivity index (χ0v) is 20.5. The van der Waals surface area contributed by atoms with E-state index in [1.807, 2.05) is 38.1 Å². The Labute approximate surface area is 202 Å². The number of aromatic nitrogens is 1. The van der Waals surface area contributed by atoms with Crippen LogP contribution < -0.4 is 10.6 Å². The van der Waals surface area contributed by atoms with Gasteiger partial charge < -0.3 is 15.4 Å². The minimum atomic E-state index is -3.75. The van der Waals surface area contributed by atoms with E-state index in [0.29, 0.717) is 18.3 Å². The summed E-state index contributed by atoms with van der Waals surface area (Å²) in [5, 5.41) is 5.98. The first-order valence-corrected chi connectivity index (χ1v) is 13.2. The second-order valence-corrected chi connectivity index (χ2v) is 11.2. The lowest BCUT2D eigenvalue weighted by molar-refractivity contribution is -0.118. The molecule has 11 heteroatoms. The highest BCUT2D eigenvalue weighted by atomic mass is 32.2. The third kappa shape index (κ3) is 5.27. The van der Waals surface area contributed by atoms with Gasteiger partial charge in [0.05, 0.1) is 28.3 Å². The standard InChI is InChI=1S/C23H26N4O5S2/c1-15(2)20(22(29)26-23-24-18-8-3-4-9-19(18)33-23)25-21(28)16-6-5-7-17(14-16)34(30,31)27-10-12-32-13-11-27/h3-9,14-15,20H,10-13H2,1-2H3,(H,25,28)(H,24,26,29)/t20-/m1/s1. The fourth-order valence-corrected chi connectivity index (χ4v) is 5.93. The summed E-state index contributed by atoms with van der Waals surface area (Å²) in [6.45, 7) is 4.84. The van der Waals surface area contributed by atoms with Gasteiger partial charge in [0, 0.05) is 18.7 Å². The highest BCUT2D eigenvalue weighted by Crippen LogP contribution is 2.26. The molecule has 34 heavy (non-hydrogen) atoms. The van der Waals surface area contributed by atoms with Crippen LogP contribution in [-0.2, 0) is 19.6 Å². The maximum Gasteiger partial charge on any atom is 0.251 e. The van der Waals surface area contributed by atoms with Crippen molar-refractivity contribution in [3.8, 4) is 0 Å². The van der Waals surface area contributed by atoms with Gasteiger partial charge in [-0.15, -0.1) is 0 Å². The van der Waals surface area contributed by atoms with E-state index in [2.05, 4.69) is 15.6 Å². The number of para-hydroxylation sites is 1. The highest BCUT2D eigenvalue weighted by Gasteiger charge is 2.29. The third-order valence-corrected chi connectivity index (χ3v) is 8.31. The van der Waals surface area contributed by atoms with Crippen LogP contribution in [0.25, 0.3) is 10.2 Å². The Morgan fingerprint density at radius 1 is 1.09 bits per heavy atom. The summed E-state index contributed by atoms with van der Waals surface area (Å²) in [6, 6.07) is 12.6. The largest absolute Gasteiger partial charge is 0.379 e. The lowest BCUT2D eigenvalue weighted by Crippen LogP contribution is -2.47. The number of nitrogens with zero attached hydrogens (tertiary/aromatic N) is 2. The number of ether oxygens (including phenoxy) is 1. The lowest BCUT2D eigenvalue weighted by atomic mass is 10.0. The molecule has 0 aliphatic carbocycles. The number of hydrogen-bond donors (Lipinski definition) is 2. The van der Waals surface area contributed by atoms with Gasteiger partial charge in [-0.3, -0.25) is 9.59 Å². The number of amides is 2. The molecular weight excluding hydrogens is 476 g/mol. The molecule has 1 aromatic heterocycles. The average molecular weight is 503 g/mol. The van der Waals surface area contributed by atoms with Gasteiger partial charge in [0.25, 0.3) is 5.91 Å². The van der Waals surface area contributed by atoms with Crippen LogP contribution in [0, 0.1) is 5.92 Å².